The quantitative estimate of drug-likeness (QED) is 0.545. The van der Waals surface area contributed by atoms with E-state index >= 15 is 0 Å². The molecule has 1 saturated carbocycles. The Morgan fingerprint density at radius 3 is 2.58 bits per heavy atom. The summed E-state index contributed by atoms with van der Waals surface area (Å²) in [5, 5.41) is 10.2. The normalized spacial score (nSPS) is 18.5. The minimum atomic E-state index is -4.91. The smallest absolute Gasteiger partial charge is 0.423 e. The highest BCUT2D eigenvalue weighted by Crippen LogP contribution is 2.37. The number of benzene rings is 1. The van der Waals surface area contributed by atoms with E-state index in [4.69, 9.17) is 9.15 Å². The molecule has 0 spiro atoms. The van der Waals surface area contributed by atoms with Gasteiger partial charge in [0.2, 0.25) is 12.3 Å². The van der Waals surface area contributed by atoms with Gasteiger partial charge < -0.3 is 19.2 Å². The Bertz CT molecular complexity index is 1100. The van der Waals surface area contributed by atoms with Crippen LogP contribution < -0.4 is 14.8 Å². The van der Waals surface area contributed by atoms with Crippen LogP contribution in [0.15, 0.2) is 47.5 Å². The molecule has 3 aromatic rings. The van der Waals surface area contributed by atoms with E-state index in [-0.39, 0.29) is 28.8 Å². The predicted octanol–water partition coefficient (Wildman–Crippen LogP) is 5.36. The lowest BCUT2D eigenvalue weighted by molar-refractivity contribution is -0.274. The van der Waals surface area contributed by atoms with Crippen LogP contribution in [0.5, 0.6) is 11.5 Å². The van der Waals surface area contributed by atoms with Gasteiger partial charge in [-0.25, -0.2) is 4.79 Å². The number of carbonyl (C=O) groups excluding carboxylic acids is 1. The van der Waals surface area contributed by atoms with Crippen molar-refractivity contribution >= 4 is 6.09 Å². The summed E-state index contributed by atoms with van der Waals surface area (Å²) in [6, 6.07) is 5.15. The Morgan fingerprint density at radius 1 is 1.12 bits per heavy atom. The van der Waals surface area contributed by atoms with Crippen molar-refractivity contribution in [3.63, 3.8) is 0 Å². The summed E-state index contributed by atoms with van der Waals surface area (Å²) in [4.78, 5) is 16.4. The maximum Gasteiger partial charge on any atom is 0.573 e. The van der Waals surface area contributed by atoms with Crippen molar-refractivity contribution in [3.8, 4) is 34.1 Å². The number of alkyl halides is 3. The summed E-state index contributed by atoms with van der Waals surface area (Å²) >= 11 is 0. The van der Waals surface area contributed by atoms with Gasteiger partial charge in [0.05, 0.1) is 5.56 Å². The number of pyridine rings is 1. The third kappa shape index (κ3) is 5.99. The third-order valence-corrected chi connectivity index (χ3v) is 5.38. The molecule has 11 heteroatoms. The molecular weight excluding hydrogens is 441 g/mol. The molecular formula is C22H21F3N4O4. The van der Waals surface area contributed by atoms with Crippen molar-refractivity contribution in [1.29, 1.82) is 0 Å². The number of carbonyl (C=O) groups is 1. The molecule has 4 rings (SSSR count). The van der Waals surface area contributed by atoms with Crippen molar-refractivity contribution in [2.75, 3.05) is 0 Å². The fourth-order valence-corrected chi connectivity index (χ4v) is 3.72. The fraction of sp³-hybridized carbons (Fsp3) is 0.364. The van der Waals surface area contributed by atoms with E-state index in [1.165, 1.54) is 30.6 Å². The fourth-order valence-electron chi connectivity index (χ4n) is 3.72. The second kappa shape index (κ2) is 9.47. The summed E-state index contributed by atoms with van der Waals surface area (Å²) in [5.74, 6) is 0.362. The molecule has 33 heavy (non-hydrogen) atoms. The van der Waals surface area contributed by atoms with E-state index in [0.29, 0.717) is 11.5 Å². The lowest BCUT2D eigenvalue weighted by Gasteiger charge is -2.26. The predicted molar refractivity (Wildman–Crippen MR) is 110 cm³/mol. The molecule has 0 bridgehead atoms. The van der Waals surface area contributed by atoms with Gasteiger partial charge in [0.15, 0.2) is 0 Å². The Morgan fingerprint density at radius 2 is 1.88 bits per heavy atom. The van der Waals surface area contributed by atoms with Crippen LogP contribution in [0, 0.1) is 5.92 Å². The molecule has 8 nitrogen and oxygen atoms in total. The molecule has 2 aromatic heterocycles. The molecule has 1 aromatic carbocycles. The van der Waals surface area contributed by atoms with Gasteiger partial charge in [0.25, 0.3) is 0 Å². The minimum absolute atomic E-state index is 0.0105. The second-order valence-corrected chi connectivity index (χ2v) is 7.90. The minimum Gasteiger partial charge on any atom is -0.423 e. The summed E-state index contributed by atoms with van der Waals surface area (Å²) in [6.07, 6.45) is 2.07. The molecule has 0 aliphatic heterocycles. The third-order valence-electron chi connectivity index (χ3n) is 5.38. The van der Waals surface area contributed by atoms with Crippen LogP contribution in [0.2, 0.25) is 0 Å². The Hall–Kier alpha value is -3.63. The van der Waals surface area contributed by atoms with Gasteiger partial charge in [-0.15, -0.1) is 23.4 Å². The van der Waals surface area contributed by atoms with Crippen LogP contribution in [0.1, 0.15) is 32.6 Å². The van der Waals surface area contributed by atoms with Crippen LogP contribution in [-0.2, 0) is 0 Å². The van der Waals surface area contributed by atoms with Gasteiger partial charge in [-0.2, -0.15) is 0 Å². The molecule has 0 saturated heterocycles. The number of ether oxygens (including phenoxy) is 2. The molecule has 2 heterocycles. The zero-order valence-corrected chi connectivity index (χ0v) is 17.6. The standard InChI is InChI=1S/C22H21F3N4O4/c1-13-2-4-16(5-3-13)28-21(30)32-17-6-7-19(33-22(23,24)25)18(9-17)14-8-15(11-26-10-14)20-29-27-12-31-20/h6-13,16H,2-5H2,1H3,(H,28,30). The summed E-state index contributed by atoms with van der Waals surface area (Å²) in [6.45, 7) is 2.17. The van der Waals surface area contributed by atoms with E-state index in [1.807, 2.05) is 0 Å². The van der Waals surface area contributed by atoms with Crippen LogP contribution in [0.4, 0.5) is 18.0 Å². The van der Waals surface area contributed by atoms with Gasteiger partial charge in [0, 0.05) is 29.6 Å². The van der Waals surface area contributed by atoms with Crippen molar-refractivity contribution < 1.29 is 31.9 Å². The number of aromatic nitrogens is 3. The highest BCUT2D eigenvalue weighted by Gasteiger charge is 2.32. The Balaban J connectivity index is 1.59. The lowest BCUT2D eigenvalue weighted by atomic mass is 9.87. The Kier molecular flexibility index (Phi) is 6.47. The highest BCUT2D eigenvalue weighted by atomic mass is 19.4. The first-order valence-electron chi connectivity index (χ1n) is 10.4. The first kappa shape index (κ1) is 22.6. The SMILES string of the molecule is CC1CCC(NC(=O)Oc2ccc(OC(F)(F)F)c(-c3cncc(-c4nnco4)c3)c2)CC1. The van der Waals surface area contributed by atoms with Gasteiger partial charge in [0.1, 0.15) is 11.5 Å². The van der Waals surface area contributed by atoms with Gasteiger partial charge in [-0.3, -0.25) is 4.98 Å². The zero-order chi connectivity index (χ0) is 23.4. The lowest BCUT2D eigenvalue weighted by Crippen LogP contribution is -2.39. The second-order valence-electron chi connectivity index (χ2n) is 7.90. The molecule has 1 N–H and O–H groups in total. The van der Waals surface area contributed by atoms with Gasteiger partial charge in [-0.1, -0.05) is 6.92 Å². The first-order valence-corrected chi connectivity index (χ1v) is 10.4. The summed E-state index contributed by atoms with van der Waals surface area (Å²) < 4.78 is 53.6. The molecule has 0 radical (unpaired) electrons. The molecule has 1 aliphatic carbocycles. The number of hydrogen-bond donors (Lipinski definition) is 1. The first-order chi connectivity index (χ1) is 15.8. The molecule has 0 unspecified atom stereocenters. The van der Waals surface area contributed by atoms with Gasteiger partial charge in [-0.05, 0) is 55.9 Å². The summed E-state index contributed by atoms with van der Waals surface area (Å²) in [5.41, 5.74) is 0.702. The van der Waals surface area contributed by atoms with Crippen LogP contribution >= 0.6 is 0 Å². The number of nitrogens with zero attached hydrogens (tertiary/aromatic N) is 3. The number of amides is 1. The number of nitrogens with one attached hydrogen (secondary N) is 1. The Labute approximate surface area is 187 Å². The average Bonchev–Trinajstić information content (AvgIpc) is 3.31. The van der Waals surface area contributed by atoms with Gasteiger partial charge >= 0.3 is 12.5 Å². The van der Waals surface area contributed by atoms with E-state index in [0.717, 1.165) is 38.1 Å². The monoisotopic (exact) mass is 462 g/mol. The molecule has 174 valence electrons. The molecule has 1 amide bonds. The van der Waals surface area contributed by atoms with Crippen LogP contribution in [0.3, 0.4) is 0 Å². The van der Waals surface area contributed by atoms with Crippen LogP contribution in [0.25, 0.3) is 22.6 Å². The zero-order valence-electron chi connectivity index (χ0n) is 17.6. The molecule has 1 aliphatic rings. The van der Waals surface area contributed by atoms with Crippen LogP contribution in [-0.4, -0.2) is 33.7 Å². The van der Waals surface area contributed by atoms with E-state index < -0.39 is 18.2 Å². The van der Waals surface area contributed by atoms with Crippen molar-refractivity contribution in [2.24, 2.45) is 5.92 Å². The van der Waals surface area contributed by atoms with E-state index in [2.05, 4.69) is 32.2 Å². The maximum absolute atomic E-state index is 13.0. The topological polar surface area (TPSA) is 99.4 Å². The maximum atomic E-state index is 13.0. The van der Waals surface area contributed by atoms with E-state index in [1.54, 1.807) is 0 Å². The average molecular weight is 462 g/mol. The summed E-state index contributed by atoms with van der Waals surface area (Å²) in [7, 11) is 0. The molecule has 1 fully saturated rings. The number of hydrogen-bond acceptors (Lipinski definition) is 7. The van der Waals surface area contributed by atoms with Crippen molar-refractivity contribution in [3.05, 3.63) is 43.1 Å². The van der Waals surface area contributed by atoms with Crippen molar-refractivity contribution in [2.45, 2.75) is 45.0 Å². The van der Waals surface area contributed by atoms with E-state index in [9.17, 15) is 18.0 Å². The molecule has 0 atom stereocenters. The number of halogens is 3. The largest absolute Gasteiger partial charge is 0.573 e. The highest BCUT2D eigenvalue weighted by molar-refractivity contribution is 5.76. The van der Waals surface area contributed by atoms with Crippen molar-refractivity contribution in [1.82, 2.24) is 20.5 Å². The number of rotatable bonds is 5.